The Morgan fingerprint density at radius 3 is 2.85 bits per heavy atom. The molecule has 27 heavy (non-hydrogen) atoms. The molecule has 4 rings (SSSR count). The molecule has 2 amide bonds. The molecule has 1 aliphatic rings. The number of carbonyl (C=O) groups excluding carboxylic acids is 1. The number of anilines is 1. The van der Waals surface area contributed by atoms with Crippen molar-refractivity contribution in [3.63, 3.8) is 0 Å². The van der Waals surface area contributed by atoms with Gasteiger partial charge < -0.3 is 19.2 Å². The summed E-state index contributed by atoms with van der Waals surface area (Å²) in [5.74, 6) is 0.732. The molecule has 0 radical (unpaired) electrons. The maximum Gasteiger partial charge on any atom is 0.336 e. The van der Waals surface area contributed by atoms with E-state index >= 15 is 0 Å². The second-order valence-electron chi connectivity index (χ2n) is 6.96. The highest BCUT2D eigenvalue weighted by Gasteiger charge is 2.30. The maximum absolute atomic E-state index is 12.9. The van der Waals surface area contributed by atoms with Gasteiger partial charge in [-0.15, -0.1) is 0 Å². The number of aryl methyl sites for hydroxylation is 2. The number of hydrogen-bond donors (Lipinski definition) is 1. The first-order valence-corrected chi connectivity index (χ1v) is 9.06. The van der Waals surface area contributed by atoms with Crippen LogP contribution >= 0.6 is 0 Å². The predicted molar refractivity (Wildman–Crippen MR) is 101 cm³/mol. The van der Waals surface area contributed by atoms with E-state index in [0.717, 1.165) is 41.7 Å². The van der Waals surface area contributed by atoms with E-state index in [4.69, 9.17) is 8.94 Å². The van der Waals surface area contributed by atoms with Gasteiger partial charge in [0.25, 0.3) is 0 Å². The number of fused-ring (bicyclic) bond motifs is 1. The number of nitrogens with zero attached hydrogens (tertiary/aromatic N) is 2. The van der Waals surface area contributed by atoms with E-state index in [1.165, 1.54) is 6.07 Å². The van der Waals surface area contributed by atoms with Crippen molar-refractivity contribution in [2.24, 2.45) is 0 Å². The zero-order valence-electron chi connectivity index (χ0n) is 15.3. The Labute approximate surface area is 155 Å². The number of nitrogens with one attached hydrogen (secondary N) is 1. The Morgan fingerprint density at radius 1 is 1.22 bits per heavy atom. The second-order valence-corrected chi connectivity index (χ2v) is 6.96. The lowest BCUT2D eigenvalue weighted by Crippen LogP contribution is -2.41. The summed E-state index contributed by atoms with van der Waals surface area (Å²) in [6.07, 6.45) is 2.85. The van der Waals surface area contributed by atoms with Gasteiger partial charge in [0.15, 0.2) is 0 Å². The fourth-order valence-corrected chi connectivity index (χ4v) is 3.62. The number of piperidine rings is 1. The Bertz CT molecular complexity index is 1050. The molecule has 1 saturated heterocycles. The number of urea groups is 1. The molecule has 0 bridgehead atoms. The fourth-order valence-electron chi connectivity index (χ4n) is 3.62. The minimum absolute atomic E-state index is 0.100. The minimum atomic E-state index is -0.402. The second kappa shape index (κ2) is 6.90. The first-order chi connectivity index (χ1) is 13.0. The van der Waals surface area contributed by atoms with Crippen LogP contribution in [0.25, 0.3) is 11.0 Å². The van der Waals surface area contributed by atoms with Crippen molar-refractivity contribution in [1.82, 2.24) is 10.1 Å². The molecule has 1 aromatic carbocycles. The third kappa shape index (κ3) is 3.45. The molecule has 0 saturated carbocycles. The van der Waals surface area contributed by atoms with Gasteiger partial charge in [-0.05, 0) is 50.8 Å². The highest BCUT2D eigenvalue weighted by molar-refractivity contribution is 5.92. The molecule has 140 valence electrons. The van der Waals surface area contributed by atoms with Crippen LogP contribution in [0.15, 0.2) is 44.1 Å². The van der Waals surface area contributed by atoms with Crippen LogP contribution in [-0.4, -0.2) is 22.6 Å². The average molecular weight is 367 g/mol. The number of aromatic nitrogens is 1. The standard InChI is InChI=1S/C20H21N3O4/c1-12-9-19(24)26-18-11-14(6-7-15(12)18)21-20(25)23-8-4-3-5-17(23)16-10-13(2)27-22-16/h6-7,9-11,17H,3-5,8H2,1-2H3,(H,21,25). The summed E-state index contributed by atoms with van der Waals surface area (Å²) in [6, 6.07) is 8.37. The quantitative estimate of drug-likeness (QED) is 0.687. The van der Waals surface area contributed by atoms with Gasteiger partial charge in [-0.25, -0.2) is 9.59 Å². The topological polar surface area (TPSA) is 88.6 Å². The first-order valence-electron chi connectivity index (χ1n) is 9.06. The SMILES string of the molecule is Cc1cc(C2CCCCN2C(=O)Nc2ccc3c(C)cc(=O)oc3c2)no1. The number of carbonyl (C=O) groups is 1. The van der Waals surface area contributed by atoms with E-state index < -0.39 is 5.63 Å². The van der Waals surface area contributed by atoms with E-state index in [0.29, 0.717) is 17.8 Å². The Kier molecular flexibility index (Phi) is 4.43. The van der Waals surface area contributed by atoms with Gasteiger partial charge in [-0.3, -0.25) is 0 Å². The van der Waals surface area contributed by atoms with E-state index in [1.54, 1.807) is 11.0 Å². The lowest BCUT2D eigenvalue weighted by atomic mass is 9.99. The molecule has 0 aliphatic carbocycles. The zero-order valence-corrected chi connectivity index (χ0v) is 15.3. The van der Waals surface area contributed by atoms with Crippen molar-refractivity contribution in [3.8, 4) is 0 Å². The Balaban J connectivity index is 1.58. The molecule has 2 aromatic heterocycles. The van der Waals surface area contributed by atoms with Gasteiger partial charge in [0.05, 0.1) is 6.04 Å². The van der Waals surface area contributed by atoms with Crippen LogP contribution in [0.2, 0.25) is 0 Å². The van der Waals surface area contributed by atoms with E-state index in [1.807, 2.05) is 32.0 Å². The number of hydrogen-bond acceptors (Lipinski definition) is 5. The lowest BCUT2D eigenvalue weighted by Gasteiger charge is -2.34. The van der Waals surface area contributed by atoms with Crippen LogP contribution in [-0.2, 0) is 0 Å². The summed E-state index contributed by atoms with van der Waals surface area (Å²) < 4.78 is 10.4. The number of benzene rings is 1. The van der Waals surface area contributed by atoms with Gasteiger partial charge in [-0.1, -0.05) is 5.16 Å². The summed E-state index contributed by atoms with van der Waals surface area (Å²) >= 11 is 0. The Morgan fingerprint density at radius 2 is 2.07 bits per heavy atom. The van der Waals surface area contributed by atoms with Crippen LogP contribution in [0.5, 0.6) is 0 Å². The van der Waals surface area contributed by atoms with Crippen LogP contribution in [0.4, 0.5) is 10.5 Å². The van der Waals surface area contributed by atoms with Gasteiger partial charge in [0.1, 0.15) is 17.0 Å². The average Bonchev–Trinajstić information content (AvgIpc) is 3.07. The summed E-state index contributed by atoms with van der Waals surface area (Å²) in [7, 11) is 0. The molecule has 7 heteroatoms. The van der Waals surface area contributed by atoms with Crippen LogP contribution in [0.3, 0.4) is 0 Å². The molecule has 1 N–H and O–H groups in total. The molecular formula is C20H21N3O4. The fraction of sp³-hybridized carbons (Fsp3) is 0.350. The molecule has 3 aromatic rings. The zero-order chi connectivity index (χ0) is 19.0. The first kappa shape index (κ1) is 17.3. The monoisotopic (exact) mass is 367 g/mol. The molecule has 1 fully saturated rings. The van der Waals surface area contributed by atoms with E-state index in [-0.39, 0.29) is 12.1 Å². The largest absolute Gasteiger partial charge is 0.423 e. The van der Waals surface area contributed by atoms with Gasteiger partial charge >= 0.3 is 11.7 Å². The smallest absolute Gasteiger partial charge is 0.336 e. The van der Waals surface area contributed by atoms with Gasteiger partial charge in [-0.2, -0.15) is 0 Å². The molecule has 3 heterocycles. The third-order valence-electron chi connectivity index (χ3n) is 4.95. The predicted octanol–water partition coefficient (Wildman–Crippen LogP) is 4.16. The van der Waals surface area contributed by atoms with Crippen LogP contribution < -0.4 is 10.9 Å². The number of rotatable bonds is 2. The minimum Gasteiger partial charge on any atom is -0.423 e. The van der Waals surface area contributed by atoms with E-state index in [2.05, 4.69) is 10.5 Å². The maximum atomic E-state index is 12.9. The molecular weight excluding hydrogens is 346 g/mol. The normalized spacial score (nSPS) is 17.3. The summed E-state index contributed by atoms with van der Waals surface area (Å²) in [6.45, 7) is 4.36. The molecule has 1 aliphatic heterocycles. The highest BCUT2D eigenvalue weighted by Crippen LogP contribution is 2.31. The van der Waals surface area contributed by atoms with Gasteiger partial charge in [0.2, 0.25) is 0 Å². The van der Waals surface area contributed by atoms with E-state index in [9.17, 15) is 9.59 Å². The van der Waals surface area contributed by atoms with Crippen molar-refractivity contribution in [2.45, 2.75) is 39.2 Å². The summed E-state index contributed by atoms with van der Waals surface area (Å²) in [4.78, 5) is 26.3. The van der Waals surface area contributed by atoms with Crippen LogP contribution in [0, 0.1) is 13.8 Å². The third-order valence-corrected chi connectivity index (χ3v) is 4.95. The highest BCUT2D eigenvalue weighted by atomic mass is 16.5. The molecule has 0 spiro atoms. The van der Waals surface area contributed by atoms with Crippen LogP contribution in [0.1, 0.15) is 42.3 Å². The number of likely N-dealkylation sites (tertiary alicyclic amines) is 1. The summed E-state index contributed by atoms with van der Waals surface area (Å²) in [5.41, 5.74) is 2.27. The van der Waals surface area contributed by atoms with Gasteiger partial charge in [0, 0.05) is 35.8 Å². The Hall–Kier alpha value is -3.09. The summed E-state index contributed by atoms with van der Waals surface area (Å²) in [5, 5.41) is 7.86. The number of amides is 2. The van der Waals surface area contributed by atoms with Crippen molar-refractivity contribution >= 4 is 22.7 Å². The lowest BCUT2D eigenvalue weighted by molar-refractivity contribution is 0.159. The van der Waals surface area contributed by atoms with Crippen molar-refractivity contribution < 1.29 is 13.7 Å². The van der Waals surface area contributed by atoms with Crippen molar-refractivity contribution in [3.05, 3.63) is 57.8 Å². The molecule has 7 nitrogen and oxygen atoms in total. The molecule has 1 atom stereocenters. The van der Waals surface area contributed by atoms with Crippen molar-refractivity contribution in [2.75, 3.05) is 11.9 Å². The van der Waals surface area contributed by atoms with Crippen molar-refractivity contribution in [1.29, 1.82) is 0 Å². The molecule has 1 unspecified atom stereocenters.